The molecule has 7 nitrogen and oxygen atoms in total. The second-order valence-corrected chi connectivity index (χ2v) is 7.07. The fourth-order valence-corrected chi connectivity index (χ4v) is 3.14. The highest BCUT2D eigenvalue weighted by atomic mass is 32.1. The quantitative estimate of drug-likeness (QED) is 0.310. The molecule has 2 rings (SSSR count). The maximum atomic E-state index is 12.8. The highest BCUT2D eigenvalue weighted by molar-refractivity contribution is 7.80. The summed E-state index contributed by atoms with van der Waals surface area (Å²) < 4.78 is 0. The average molecular weight is 445 g/mol. The number of carbonyl (C=O) groups is 4. The zero-order chi connectivity index (χ0) is 22.1. The molecule has 2 amide bonds. The lowest BCUT2D eigenvalue weighted by atomic mass is 10.1. The second-order valence-electron chi connectivity index (χ2n) is 6.21. The van der Waals surface area contributed by atoms with Gasteiger partial charge in [0.1, 0.15) is 6.04 Å². The summed E-state index contributed by atoms with van der Waals surface area (Å²) in [5.74, 6) is -3.38. The monoisotopic (exact) mass is 444 g/mol. The minimum Gasteiger partial charge on any atom is -0.480 e. The first-order valence-electron chi connectivity index (χ1n) is 8.95. The number of rotatable bonds is 9. The van der Waals surface area contributed by atoms with E-state index in [9.17, 15) is 24.3 Å². The first kappa shape index (κ1) is 23.2. The van der Waals surface area contributed by atoms with Crippen LogP contribution in [-0.4, -0.2) is 56.9 Å². The van der Waals surface area contributed by atoms with E-state index in [2.05, 4.69) is 17.9 Å². The maximum Gasteiger partial charge on any atom is 0.327 e. The Hall–Kier alpha value is -3.04. The Morgan fingerprint density at radius 3 is 2.00 bits per heavy atom. The lowest BCUT2D eigenvalue weighted by Gasteiger charge is -2.26. The number of hydrogen-bond donors (Lipinski definition) is 3. The van der Waals surface area contributed by atoms with Crippen LogP contribution in [0.1, 0.15) is 27.1 Å². The van der Waals surface area contributed by atoms with Crippen LogP contribution in [0.15, 0.2) is 60.7 Å². The molecule has 30 heavy (non-hydrogen) atoms. The van der Waals surface area contributed by atoms with Gasteiger partial charge >= 0.3 is 5.97 Å². The molecule has 2 aromatic rings. The first-order valence-corrected chi connectivity index (χ1v) is 9.99. The lowest BCUT2D eigenvalue weighted by molar-refractivity contribution is -0.146. The molecule has 0 fully saturated rings. The number of amides is 2. The normalized spacial score (nSPS) is 11.2. The number of carbonyl (C=O) groups excluding carboxylic acids is 3. The average Bonchev–Trinajstić information content (AvgIpc) is 2.76. The largest absolute Gasteiger partial charge is 0.480 e. The molecule has 0 aliphatic carbocycles. The molecule has 1 atom stereocenters. The van der Waals surface area contributed by atoms with Crippen LogP contribution in [0.3, 0.4) is 0 Å². The van der Waals surface area contributed by atoms with E-state index in [1.54, 1.807) is 48.5 Å². The number of thiocarbonyl (C=S) groups is 1. The van der Waals surface area contributed by atoms with Crippen molar-refractivity contribution in [3.63, 3.8) is 0 Å². The first-order chi connectivity index (χ1) is 14.3. The van der Waals surface area contributed by atoms with Crippen LogP contribution in [0.25, 0.3) is 0 Å². The van der Waals surface area contributed by atoms with Crippen molar-refractivity contribution in [3.05, 3.63) is 71.8 Å². The van der Waals surface area contributed by atoms with Gasteiger partial charge in [0, 0.05) is 16.9 Å². The smallest absolute Gasteiger partial charge is 0.327 e. The fourth-order valence-electron chi connectivity index (χ4n) is 2.61. The number of nitrogens with zero attached hydrogens (tertiary/aromatic N) is 1. The number of aliphatic carboxylic acids is 1. The predicted molar refractivity (Wildman–Crippen MR) is 119 cm³/mol. The molecule has 0 unspecified atom stereocenters. The minimum absolute atomic E-state index is 0.113. The Kier molecular flexibility index (Phi) is 8.70. The Morgan fingerprint density at radius 2 is 1.50 bits per heavy atom. The zero-order valence-corrected chi connectivity index (χ0v) is 17.6. The van der Waals surface area contributed by atoms with Crippen molar-refractivity contribution in [2.75, 3.05) is 12.3 Å². The third-order valence-corrected chi connectivity index (χ3v) is 4.77. The van der Waals surface area contributed by atoms with Gasteiger partial charge in [0.25, 0.3) is 5.91 Å². The summed E-state index contributed by atoms with van der Waals surface area (Å²) in [5, 5.41) is 12.1. The number of carboxylic acids is 1. The van der Waals surface area contributed by atoms with Crippen LogP contribution in [0, 0.1) is 0 Å². The molecule has 0 spiro atoms. The summed E-state index contributed by atoms with van der Waals surface area (Å²) in [6.07, 6.45) is -0.117. The molecular formula is C21H20N2O5S2. The SMILES string of the molecule is O=C(CC(=S)NCC(=O)N(C(=O)c1ccccc1)[C@H](CS)C(=O)O)c1ccccc1. The zero-order valence-electron chi connectivity index (χ0n) is 15.9. The Morgan fingerprint density at radius 1 is 0.967 bits per heavy atom. The van der Waals surface area contributed by atoms with Gasteiger partial charge in [-0.2, -0.15) is 12.6 Å². The molecule has 0 radical (unpaired) electrons. The molecule has 0 saturated heterocycles. The third-order valence-electron chi connectivity index (χ3n) is 4.13. The van der Waals surface area contributed by atoms with Crippen LogP contribution < -0.4 is 5.32 Å². The Bertz CT molecular complexity index is 935. The predicted octanol–water partition coefficient (Wildman–Crippen LogP) is 2.23. The van der Waals surface area contributed by atoms with E-state index in [0.717, 1.165) is 0 Å². The van der Waals surface area contributed by atoms with Crippen LogP contribution in [0.4, 0.5) is 0 Å². The summed E-state index contributed by atoms with van der Waals surface area (Å²) in [4.78, 5) is 50.1. The van der Waals surface area contributed by atoms with Gasteiger partial charge in [-0.1, -0.05) is 60.7 Å². The molecule has 0 heterocycles. The molecule has 0 aliphatic heterocycles. The van der Waals surface area contributed by atoms with Crippen molar-refractivity contribution in [1.29, 1.82) is 0 Å². The van der Waals surface area contributed by atoms with E-state index in [-0.39, 0.29) is 28.5 Å². The van der Waals surface area contributed by atoms with E-state index in [1.807, 2.05) is 0 Å². The van der Waals surface area contributed by atoms with Crippen molar-refractivity contribution in [2.24, 2.45) is 0 Å². The number of ketones is 1. The highest BCUT2D eigenvalue weighted by Crippen LogP contribution is 2.11. The molecule has 0 aromatic heterocycles. The van der Waals surface area contributed by atoms with Gasteiger partial charge in [0.2, 0.25) is 5.91 Å². The number of hydrogen-bond acceptors (Lipinski definition) is 6. The van der Waals surface area contributed by atoms with Crippen LogP contribution in [-0.2, 0) is 9.59 Å². The second kappa shape index (κ2) is 11.2. The molecule has 9 heteroatoms. The Balaban J connectivity index is 2.08. The Labute approximate surface area is 184 Å². The summed E-state index contributed by atoms with van der Waals surface area (Å²) in [6, 6.07) is 15.0. The van der Waals surface area contributed by atoms with Gasteiger partial charge in [0.05, 0.1) is 18.0 Å². The number of nitrogens with one attached hydrogen (secondary N) is 1. The van der Waals surface area contributed by atoms with Crippen molar-refractivity contribution < 1.29 is 24.3 Å². The van der Waals surface area contributed by atoms with Gasteiger partial charge in [-0.25, -0.2) is 4.79 Å². The van der Waals surface area contributed by atoms with Crippen molar-refractivity contribution in [2.45, 2.75) is 12.5 Å². The number of benzene rings is 2. The summed E-state index contributed by atoms with van der Waals surface area (Å²) in [6.45, 7) is -0.433. The van der Waals surface area contributed by atoms with Gasteiger partial charge < -0.3 is 10.4 Å². The van der Waals surface area contributed by atoms with Crippen molar-refractivity contribution in [3.8, 4) is 0 Å². The molecule has 156 valence electrons. The number of imide groups is 1. The van der Waals surface area contributed by atoms with Crippen LogP contribution in [0.5, 0.6) is 0 Å². The molecule has 0 aliphatic rings. The van der Waals surface area contributed by atoms with E-state index in [0.29, 0.717) is 10.5 Å². The van der Waals surface area contributed by atoms with Gasteiger partial charge in [-0.05, 0) is 12.1 Å². The summed E-state index contributed by atoms with van der Waals surface area (Å²) >= 11 is 9.09. The molecule has 2 N–H and O–H groups in total. The van der Waals surface area contributed by atoms with E-state index >= 15 is 0 Å². The summed E-state index contributed by atoms with van der Waals surface area (Å²) in [7, 11) is 0. The van der Waals surface area contributed by atoms with Crippen molar-refractivity contribution in [1.82, 2.24) is 10.2 Å². The minimum atomic E-state index is -1.45. The summed E-state index contributed by atoms with van der Waals surface area (Å²) in [5.41, 5.74) is 0.649. The topological polar surface area (TPSA) is 104 Å². The number of carboxylic acid groups (broad SMARTS) is 1. The lowest BCUT2D eigenvalue weighted by Crippen LogP contribution is -2.52. The van der Waals surface area contributed by atoms with Crippen molar-refractivity contribution >= 4 is 53.4 Å². The highest BCUT2D eigenvalue weighted by Gasteiger charge is 2.34. The fraction of sp³-hybridized carbons (Fsp3) is 0.190. The standard InChI is InChI=1S/C21H20N2O5S2/c24-17(14-7-3-1-4-8-14)11-18(30)22-12-19(25)23(16(13-29)21(27)28)20(26)15-9-5-2-6-10-15/h1-10,16,29H,11-13H2,(H,22,30)(H,27,28)/t16-/m1/s1. The van der Waals surface area contributed by atoms with Crippen LogP contribution in [0.2, 0.25) is 0 Å². The van der Waals surface area contributed by atoms with Gasteiger partial charge in [-0.15, -0.1) is 0 Å². The van der Waals surface area contributed by atoms with E-state index in [4.69, 9.17) is 12.2 Å². The molecule has 2 aromatic carbocycles. The number of Topliss-reactive ketones (excluding diaryl/α,β-unsaturated/α-hetero) is 1. The van der Waals surface area contributed by atoms with E-state index in [1.165, 1.54) is 12.1 Å². The van der Waals surface area contributed by atoms with Gasteiger partial charge in [-0.3, -0.25) is 19.3 Å². The van der Waals surface area contributed by atoms with Crippen LogP contribution >= 0.6 is 24.8 Å². The maximum absolute atomic E-state index is 12.8. The molecular weight excluding hydrogens is 424 g/mol. The third kappa shape index (κ3) is 6.23. The molecule has 0 bridgehead atoms. The molecule has 0 saturated carbocycles. The van der Waals surface area contributed by atoms with Gasteiger partial charge in [0.15, 0.2) is 5.78 Å². The van der Waals surface area contributed by atoms with E-state index < -0.39 is 30.4 Å². The number of thiol groups is 1.